The number of benzene rings is 2. The maximum Gasteiger partial charge on any atom is 0.338 e. The highest BCUT2D eigenvalue weighted by molar-refractivity contribution is 7.80. The molecule has 2 atom stereocenters. The monoisotopic (exact) mass is 413 g/mol. The lowest BCUT2D eigenvalue weighted by Crippen LogP contribution is -2.65. The highest BCUT2D eigenvalue weighted by Gasteiger charge is 2.48. The number of anilines is 1. The predicted molar refractivity (Wildman–Crippen MR) is 110 cm³/mol. The Kier molecular flexibility index (Phi) is 4.62. The number of thiocarbonyl (C=S) groups is 1. The van der Waals surface area contributed by atoms with Gasteiger partial charge in [0.2, 0.25) is 0 Å². The van der Waals surface area contributed by atoms with Crippen LogP contribution in [-0.4, -0.2) is 28.3 Å². The molecule has 0 unspecified atom stereocenters. The molecule has 4 rings (SSSR count). The number of carbonyl (C=O) groups excluding carboxylic acids is 1. The maximum absolute atomic E-state index is 11.9. The number of non-ortho nitro benzene ring substituents is 1. The summed E-state index contributed by atoms with van der Waals surface area (Å²) in [6.45, 7) is 4.00. The summed E-state index contributed by atoms with van der Waals surface area (Å²) in [5, 5.41) is 14.8. The number of hydrogen-bond donors (Lipinski definition) is 1. The van der Waals surface area contributed by atoms with Crippen molar-refractivity contribution in [2.75, 3.05) is 11.5 Å². The molecule has 0 saturated carbocycles. The van der Waals surface area contributed by atoms with Gasteiger partial charge in [-0.15, -0.1) is 0 Å². The van der Waals surface area contributed by atoms with E-state index in [0.29, 0.717) is 29.5 Å². The van der Waals surface area contributed by atoms with E-state index >= 15 is 0 Å². The molecule has 0 aromatic heterocycles. The van der Waals surface area contributed by atoms with Crippen LogP contribution in [0, 0.1) is 10.1 Å². The van der Waals surface area contributed by atoms with Crippen molar-refractivity contribution in [1.29, 1.82) is 0 Å². The molecular formula is C20H19N3O5S. The van der Waals surface area contributed by atoms with Gasteiger partial charge in [-0.25, -0.2) is 4.79 Å². The highest BCUT2D eigenvalue weighted by atomic mass is 32.1. The zero-order valence-corrected chi connectivity index (χ0v) is 16.7. The van der Waals surface area contributed by atoms with Crippen molar-refractivity contribution in [3.8, 4) is 5.75 Å². The standard InChI is InChI=1S/C20H19N3O5S/c1-3-27-18(24)12-4-6-13(7-5-12)22-19(29)21-16-11-20(22,2)28-17-9-8-14(23(25)26)10-15(16)17/h4-10,16H,3,11H2,1-2H3,(H,21,29)/t16-,20-/m1/s1. The first kappa shape index (κ1) is 19.1. The minimum atomic E-state index is -0.776. The normalized spacial score (nSPS) is 22.2. The molecule has 29 heavy (non-hydrogen) atoms. The van der Waals surface area contributed by atoms with Crippen LogP contribution in [0.3, 0.4) is 0 Å². The fourth-order valence-electron chi connectivity index (χ4n) is 3.83. The lowest BCUT2D eigenvalue weighted by molar-refractivity contribution is -0.385. The number of ether oxygens (including phenoxy) is 2. The number of esters is 1. The minimum absolute atomic E-state index is 0.0145. The Balaban J connectivity index is 1.67. The van der Waals surface area contributed by atoms with E-state index in [4.69, 9.17) is 21.7 Å². The molecule has 0 amide bonds. The van der Waals surface area contributed by atoms with E-state index in [1.54, 1.807) is 37.3 Å². The van der Waals surface area contributed by atoms with Gasteiger partial charge in [0, 0.05) is 29.8 Å². The lowest BCUT2D eigenvalue weighted by atomic mass is 9.90. The third-order valence-electron chi connectivity index (χ3n) is 5.10. The fourth-order valence-corrected chi connectivity index (χ4v) is 4.27. The molecule has 0 spiro atoms. The smallest absolute Gasteiger partial charge is 0.338 e. The van der Waals surface area contributed by atoms with Gasteiger partial charge in [0.25, 0.3) is 5.69 Å². The summed E-state index contributed by atoms with van der Waals surface area (Å²) >= 11 is 5.58. The lowest BCUT2D eigenvalue weighted by Gasteiger charge is -2.52. The van der Waals surface area contributed by atoms with E-state index in [0.717, 1.165) is 11.3 Å². The molecule has 2 aliphatic rings. The van der Waals surface area contributed by atoms with Crippen LogP contribution in [0.5, 0.6) is 5.75 Å². The topological polar surface area (TPSA) is 93.9 Å². The van der Waals surface area contributed by atoms with E-state index in [9.17, 15) is 14.9 Å². The molecule has 2 aromatic carbocycles. The third kappa shape index (κ3) is 3.27. The van der Waals surface area contributed by atoms with E-state index in [2.05, 4.69) is 5.32 Å². The molecular weight excluding hydrogens is 394 g/mol. The molecule has 1 saturated heterocycles. The van der Waals surface area contributed by atoms with Gasteiger partial charge in [-0.3, -0.25) is 15.0 Å². The van der Waals surface area contributed by atoms with Crippen molar-refractivity contribution >= 4 is 34.7 Å². The summed E-state index contributed by atoms with van der Waals surface area (Å²) in [5.41, 5.74) is 1.18. The number of nitrogens with zero attached hydrogens (tertiary/aromatic N) is 2. The molecule has 0 radical (unpaired) electrons. The summed E-state index contributed by atoms with van der Waals surface area (Å²) in [6.07, 6.45) is 0.543. The van der Waals surface area contributed by atoms with Crippen molar-refractivity contribution < 1.29 is 19.2 Å². The SMILES string of the molecule is CCOC(=O)c1ccc(N2C(=S)N[C@@H]3C[C@@]2(C)Oc2ccc([N+](=O)[O-])cc23)cc1. The molecule has 9 heteroatoms. The summed E-state index contributed by atoms with van der Waals surface area (Å²) in [6, 6.07) is 11.3. The summed E-state index contributed by atoms with van der Waals surface area (Å²) < 4.78 is 11.3. The Morgan fingerprint density at radius 1 is 1.38 bits per heavy atom. The molecule has 0 aliphatic carbocycles. The zero-order chi connectivity index (χ0) is 20.8. The third-order valence-corrected chi connectivity index (χ3v) is 5.40. The molecule has 1 fully saturated rings. The van der Waals surface area contributed by atoms with Gasteiger partial charge in [0.1, 0.15) is 5.75 Å². The van der Waals surface area contributed by atoms with Crippen LogP contribution in [0.1, 0.15) is 42.2 Å². The quantitative estimate of drug-likeness (QED) is 0.351. The minimum Gasteiger partial charge on any atom is -0.467 e. The van der Waals surface area contributed by atoms with Crippen LogP contribution in [0.4, 0.5) is 11.4 Å². The fraction of sp³-hybridized carbons (Fsp3) is 0.300. The summed E-state index contributed by atoms with van der Waals surface area (Å²) in [7, 11) is 0. The van der Waals surface area contributed by atoms with Crippen LogP contribution in [-0.2, 0) is 4.74 Å². The largest absolute Gasteiger partial charge is 0.467 e. The molecule has 2 aromatic rings. The molecule has 1 N–H and O–H groups in total. The Morgan fingerprint density at radius 2 is 2.10 bits per heavy atom. The second-order valence-corrected chi connectivity index (χ2v) is 7.45. The molecule has 2 heterocycles. The van der Waals surface area contributed by atoms with Gasteiger partial charge >= 0.3 is 5.97 Å². The van der Waals surface area contributed by atoms with Crippen LogP contribution >= 0.6 is 12.2 Å². The van der Waals surface area contributed by atoms with Gasteiger partial charge in [-0.1, -0.05) is 0 Å². The number of nitro benzene ring substituents is 1. The van der Waals surface area contributed by atoms with Gasteiger partial charge in [0.05, 0.1) is 23.1 Å². The average Bonchev–Trinajstić information content (AvgIpc) is 2.67. The number of nitrogens with one attached hydrogen (secondary N) is 1. The van der Waals surface area contributed by atoms with Gasteiger partial charge in [-0.05, 0) is 56.4 Å². The van der Waals surface area contributed by atoms with Crippen molar-refractivity contribution in [2.45, 2.75) is 32.0 Å². The van der Waals surface area contributed by atoms with E-state index in [-0.39, 0.29) is 17.7 Å². The molecule has 2 bridgehead atoms. The first-order valence-corrected chi connectivity index (χ1v) is 9.58. The van der Waals surface area contributed by atoms with Gasteiger partial charge < -0.3 is 14.8 Å². The summed E-state index contributed by atoms with van der Waals surface area (Å²) in [4.78, 5) is 24.5. The first-order chi connectivity index (χ1) is 13.8. The Bertz CT molecular complexity index is 1010. The Labute approximate surface area is 172 Å². The number of fused-ring (bicyclic) bond motifs is 4. The van der Waals surface area contributed by atoms with Crippen molar-refractivity contribution in [3.63, 3.8) is 0 Å². The summed E-state index contributed by atoms with van der Waals surface area (Å²) in [5.74, 6) is 0.201. The zero-order valence-electron chi connectivity index (χ0n) is 15.9. The number of nitro groups is 1. The van der Waals surface area contributed by atoms with Crippen LogP contribution in [0.2, 0.25) is 0 Å². The Hall–Kier alpha value is -3.20. The van der Waals surface area contributed by atoms with Crippen molar-refractivity contribution in [3.05, 3.63) is 63.7 Å². The van der Waals surface area contributed by atoms with Gasteiger partial charge in [-0.2, -0.15) is 0 Å². The van der Waals surface area contributed by atoms with E-state index < -0.39 is 10.6 Å². The first-order valence-electron chi connectivity index (χ1n) is 9.17. The number of rotatable bonds is 4. The Morgan fingerprint density at radius 3 is 2.76 bits per heavy atom. The van der Waals surface area contributed by atoms with Crippen molar-refractivity contribution in [2.24, 2.45) is 0 Å². The van der Waals surface area contributed by atoms with Crippen molar-refractivity contribution in [1.82, 2.24) is 5.32 Å². The second-order valence-electron chi connectivity index (χ2n) is 7.07. The molecule has 8 nitrogen and oxygen atoms in total. The van der Waals surface area contributed by atoms with E-state index in [1.165, 1.54) is 12.1 Å². The maximum atomic E-state index is 11.9. The molecule has 2 aliphatic heterocycles. The highest BCUT2D eigenvalue weighted by Crippen LogP contribution is 2.46. The van der Waals surface area contributed by atoms with Crippen LogP contribution < -0.4 is 15.0 Å². The van der Waals surface area contributed by atoms with Crippen LogP contribution in [0.15, 0.2) is 42.5 Å². The van der Waals surface area contributed by atoms with Crippen LogP contribution in [0.25, 0.3) is 0 Å². The predicted octanol–water partition coefficient (Wildman–Crippen LogP) is 3.71. The van der Waals surface area contributed by atoms with E-state index in [1.807, 2.05) is 11.8 Å². The average molecular weight is 413 g/mol. The second kappa shape index (κ2) is 7.00. The van der Waals surface area contributed by atoms with Gasteiger partial charge in [0.15, 0.2) is 10.8 Å². The number of hydrogen-bond acceptors (Lipinski definition) is 6. The number of carbonyl (C=O) groups is 1. The molecule has 150 valence electrons.